The highest BCUT2D eigenvalue weighted by atomic mass is 19.1. The summed E-state index contributed by atoms with van der Waals surface area (Å²) in [4.78, 5) is 4.55. The normalized spacial score (nSPS) is 10.8. The molecular weight excluding hydrogens is 243 g/mol. The Balaban J connectivity index is 1.95. The molecule has 2 heterocycles. The second kappa shape index (κ2) is 4.72. The van der Waals surface area contributed by atoms with Gasteiger partial charge in [-0.1, -0.05) is 12.1 Å². The van der Waals surface area contributed by atoms with Crippen molar-refractivity contribution in [2.24, 2.45) is 0 Å². The van der Waals surface area contributed by atoms with E-state index >= 15 is 0 Å². The average Bonchev–Trinajstić information content (AvgIpc) is 2.83. The van der Waals surface area contributed by atoms with Crippen LogP contribution in [-0.4, -0.2) is 16.5 Å². The number of fused-ring (bicyclic) bond motifs is 1. The minimum Gasteiger partial charge on any atom is -0.493 e. The molecule has 0 fully saturated rings. The Bertz CT molecular complexity index is 704. The second-order valence-electron chi connectivity index (χ2n) is 4.34. The van der Waals surface area contributed by atoms with Gasteiger partial charge in [-0.2, -0.15) is 0 Å². The fourth-order valence-electron chi connectivity index (χ4n) is 2.09. The fourth-order valence-corrected chi connectivity index (χ4v) is 2.09. The first-order chi connectivity index (χ1) is 9.26. The van der Waals surface area contributed by atoms with E-state index in [1.165, 1.54) is 12.1 Å². The Hall–Kier alpha value is -2.36. The molecule has 3 nitrogen and oxygen atoms in total. The molecule has 0 aliphatic heterocycles. The average molecular weight is 256 g/mol. The summed E-state index contributed by atoms with van der Waals surface area (Å²) in [5, 5.41) is 0. The summed E-state index contributed by atoms with van der Waals surface area (Å²) in [6, 6.07) is 10.3. The molecule has 0 atom stereocenters. The van der Waals surface area contributed by atoms with E-state index in [0.29, 0.717) is 6.42 Å². The first kappa shape index (κ1) is 11.7. The number of pyridine rings is 1. The van der Waals surface area contributed by atoms with Crippen LogP contribution in [-0.2, 0) is 6.42 Å². The van der Waals surface area contributed by atoms with E-state index in [1.54, 1.807) is 19.2 Å². The summed E-state index contributed by atoms with van der Waals surface area (Å²) in [5.74, 6) is 0.522. The lowest BCUT2D eigenvalue weighted by molar-refractivity contribution is 0.417. The fraction of sp³-hybridized carbons (Fsp3) is 0.133. The van der Waals surface area contributed by atoms with E-state index in [2.05, 4.69) is 4.98 Å². The smallest absolute Gasteiger partial charge is 0.179 e. The maximum atomic E-state index is 12.9. The number of methoxy groups -OCH3 is 1. The third-order valence-electron chi connectivity index (χ3n) is 3.02. The van der Waals surface area contributed by atoms with E-state index in [-0.39, 0.29) is 5.82 Å². The lowest BCUT2D eigenvalue weighted by Gasteiger charge is -1.99. The first-order valence-electron chi connectivity index (χ1n) is 6.01. The molecule has 0 unspecified atom stereocenters. The molecule has 3 rings (SSSR count). The van der Waals surface area contributed by atoms with Crippen molar-refractivity contribution in [3.8, 4) is 5.75 Å². The van der Waals surface area contributed by atoms with Crippen molar-refractivity contribution < 1.29 is 9.13 Å². The summed E-state index contributed by atoms with van der Waals surface area (Å²) >= 11 is 0. The number of halogens is 1. The number of nitrogens with zero attached hydrogens (tertiary/aromatic N) is 2. The van der Waals surface area contributed by atoms with Crippen LogP contribution in [0.25, 0.3) is 5.65 Å². The monoisotopic (exact) mass is 256 g/mol. The Morgan fingerprint density at radius 3 is 2.74 bits per heavy atom. The highest BCUT2D eigenvalue weighted by Crippen LogP contribution is 2.19. The van der Waals surface area contributed by atoms with Crippen LogP contribution in [0.1, 0.15) is 11.3 Å². The molecule has 0 radical (unpaired) electrons. The zero-order valence-electron chi connectivity index (χ0n) is 10.5. The lowest BCUT2D eigenvalue weighted by Crippen LogP contribution is -1.89. The molecule has 1 aromatic carbocycles. The van der Waals surface area contributed by atoms with Crippen molar-refractivity contribution in [2.75, 3.05) is 7.11 Å². The van der Waals surface area contributed by atoms with E-state index in [0.717, 1.165) is 22.7 Å². The second-order valence-corrected chi connectivity index (χ2v) is 4.34. The maximum absolute atomic E-state index is 12.9. The Labute approximate surface area is 110 Å². The quantitative estimate of drug-likeness (QED) is 0.720. The first-order valence-corrected chi connectivity index (χ1v) is 6.01. The minimum absolute atomic E-state index is 0.222. The number of hydrogen-bond donors (Lipinski definition) is 0. The topological polar surface area (TPSA) is 26.5 Å². The van der Waals surface area contributed by atoms with Gasteiger partial charge in [0.2, 0.25) is 0 Å². The summed E-state index contributed by atoms with van der Waals surface area (Å²) in [7, 11) is 1.63. The number of benzene rings is 1. The minimum atomic E-state index is -0.222. The molecule has 0 spiro atoms. The molecule has 2 aromatic heterocycles. The van der Waals surface area contributed by atoms with Crippen molar-refractivity contribution in [2.45, 2.75) is 6.42 Å². The molecule has 0 N–H and O–H groups in total. The van der Waals surface area contributed by atoms with E-state index in [4.69, 9.17) is 4.74 Å². The van der Waals surface area contributed by atoms with Gasteiger partial charge in [-0.15, -0.1) is 0 Å². The van der Waals surface area contributed by atoms with Gasteiger partial charge in [0.15, 0.2) is 11.4 Å². The van der Waals surface area contributed by atoms with Crippen molar-refractivity contribution in [1.29, 1.82) is 0 Å². The summed E-state index contributed by atoms with van der Waals surface area (Å²) in [6.45, 7) is 0. The van der Waals surface area contributed by atoms with Crippen LogP contribution in [0.2, 0.25) is 0 Å². The van der Waals surface area contributed by atoms with E-state index in [1.807, 2.05) is 28.9 Å². The van der Waals surface area contributed by atoms with E-state index in [9.17, 15) is 4.39 Å². The summed E-state index contributed by atoms with van der Waals surface area (Å²) < 4.78 is 20.1. The van der Waals surface area contributed by atoms with Crippen molar-refractivity contribution in [3.63, 3.8) is 0 Å². The standard InChI is InChI=1S/C15H13FN2O/c1-19-14-3-2-8-18-10-13(17-15(14)18)9-11-4-6-12(16)7-5-11/h2-8,10H,9H2,1H3. The summed E-state index contributed by atoms with van der Waals surface area (Å²) in [5.41, 5.74) is 2.75. The Kier molecular flexibility index (Phi) is 2.91. The van der Waals surface area contributed by atoms with Gasteiger partial charge in [-0.05, 0) is 29.8 Å². The van der Waals surface area contributed by atoms with Crippen LogP contribution >= 0.6 is 0 Å². The van der Waals surface area contributed by atoms with Gasteiger partial charge >= 0.3 is 0 Å². The molecule has 0 saturated heterocycles. The number of rotatable bonds is 3. The summed E-state index contributed by atoms with van der Waals surface area (Å²) in [6.07, 6.45) is 4.56. The van der Waals surface area contributed by atoms with Gasteiger partial charge < -0.3 is 9.14 Å². The number of hydrogen-bond acceptors (Lipinski definition) is 2. The van der Waals surface area contributed by atoms with Gasteiger partial charge in [0.1, 0.15) is 5.82 Å². The molecule has 96 valence electrons. The molecule has 0 bridgehead atoms. The number of imidazole rings is 1. The van der Waals surface area contributed by atoms with Crippen LogP contribution in [0.4, 0.5) is 4.39 Å². The van der Waals surface area contributed by atoms with Crippen molar-refractivity contribution in [3.05, 3.63) is 65.9 Å². The van der Waals surface area contributed by atoms with Crippen molar-refractivity contribution >= 4 is 5.65 Å². The molecule has 19 heavy (non-hydrogen) atoms. The van der Waals surface area contributed by atoms with Gasteiger partial charge in [0.05, 0.1) is 12.8 Å². The Morgan fingerprint density at radius 1 is 1.21 bits per heavy atom. The van der Waals surface area contributed by atoms with Gasteiger partial charge in [0.25, 0.3) is 0 Å². The maximum Gasteiger partial charge on any atom is 0.179 e. The number of aromatic nitrogens is 2. The Morgan fingerprint density at radius 2 is 2.00 bits per heavy atom. The third kappa shape index (κ3) is 2.29. The number of ether oxygens (including phenoxy) is 1. The predicted molar refractivity (Wildman–Crippen MR) is 71.0 cm³/mol. The SMILES string of the molecule is COc1cccn2cc(Cc3ccc(F)cc3)nc12. The van der Waals surface area contributed by atoms with Crippen LogP contribution in [0.5, 0.6) is 5.75 Å². The van der Waals surface area contributed by atoms with Crippen LogP contribution < -0.4 is 4.74 Å². The molecule has 0 amide bonds. The van der Waals surface area contributed by atoms with Crippen LogP contribution in [0.15, 0.2) is 48.8 Å². The van der Waals surface area contributed by atoms with Gasteiger partial charge in [-0.3, -0.25) is 0 Å². The largest absolute Gasteiger partial charge is 0.493 e. The zero-order chi connectivity index (χ0) is 13.2. The van der Waals surface area contributed by atoms with Gasteiger partial charge in [-0.25, -0.2) is 9.37 Å². The molecule has 0 aliphatic rings. The van der Waals surface area contributed by atoms with E-state index < -0.39 is 0 Å². The molecular formula is C15H13FN2O. The highest BCUT2D eigenvalue weighted by molar-refractivity contribution is 5.54. The zero-order valence-corrected chi connectivity index (χ0v) is 10.5. The van der Waals surface area contributed by atoms with Gasteiger partial charge in [0, 0.05) is 18.8 Å². The lowest BCUT2D eigenvalue weighted by atomic mass is 10.1. The molecule has 4 heteroatoms. The molecule has 0 aliphatic carbocycles. The molecule has 0 saturated carbocycles. The van der Waals surface area contributed by atoms with Crippen LogP contribution in [0.3, 0.4) is 0 Å². The molecule has 3 aromatic rings. The third-order valence-corrected chi connectivity index (χ3v) is 3.02. The predicted octanol–water partition coefficient (Wildman–Crippen LogP) is 3.07. The van der Waals surface area contributed by atoms with Crippen LogP contribution in [0, 0.1) is 5.82 Å². The highest BCUT2D eigenvalue weighted by Gasteiger charge is 2.07. The van der Waals surface area contributed by atoms with Crippen molar-refractivity contribution in [1.82, 2.24) is 9.38 Å².